The summed E-state index contributed by atoms with van der Waals surface area (Å²) in [6, 6.07) is -0.202. The van der Waals surface area contributed by atoms with Crippen LogP contribution < -0.4 is 10.6 Å². The number of hydrogen-bond donors (Lipinski definition) is 2. The maximum Gasteiger partial charge on any atom is 0.422 e. The summed E-state index contributed by atoms with van der Waals surface area (Å²) in [5.74, 6) is 0. The van der Waals surface area contributed by atoms with E-state index in [0.717, 1.165) is 0 Å². The van der Waals surface area contributed by atoms with E-state index in [9.17, 15) is 18.0 Å². The second kappa shape index (κ2) is 5.19. The van der Waals surface area contributed by atoms with Crippen molar-refractivity contribution in [2.75, 3.05) is 6.61 Å². The minimum absolute atomic E-state index is 0.191. The predicted molar refractivity (Wildman–Crippen MR) is 64.9 cm³/mol. The van der Waals surface area contributed by atoms with Crippen molar-refractivity contribution in [1.82, 2.24) is 10.6 Å². The maximum absolute atomic E-state index is 11.9. The lowest BCUT2D eigenvalue weighted by molar-refractivity contribution is -0.160. The lowest BCUT2D eigenvalue weighted by Crippen LogP contribution is -2.62. The molecule has 1 rings (SSSR count). The molecule has 0 atom stereocenters. The average molecular weight is 282 g/mol. The van der Waals surface area contributed by atoms with Crippen LogP contribution in [0, 0.1) is 0 Å². The first-order valence-corrected chi connectivity index (χ1v) is 6.18. The number of alkyl halides is 3. The van der Waals surface area contributed by atoms with Crippen LogP contribution in [0.3, 0.4) is 0 Å². The van der Waals surface area contributed by atoms with E-state index in [0.29, 0.717) is 12.8 Å². The van der Waals surface area contributed by atoms with Crippen LogP contribution in [0.5, 0.6) is 0 Å². The molecule has 1 amide bonds. The van der Waals surface area contributed by atoms with Crippen LogP contribution in [0.4, 0.5) is 18.0 Å². The molecule has 0 radical (unpaired) electrons. The van der Waals surface area contributed by atoms with Gasteiger partial charge in [0.1, 0.15) is 0 Å². The maximum atomic E-state index is 11.9. The quantitative estimate of drug-likeness (QED) is 0.818. The molecule has 0 aromatic rings. The lowest BCUT2D eigenvalue weighted by atomic mass is 9.80. The van der Waals surface area contributed by atoms with E-state index >= 15 is 0 Å². The van der Waals surface area contributed by atoms with Gasteiger partial charge in [-0.3, -0.25) is 0 Å². The van der Waals surface area contributed by atoms with E-state index < -0.39 is 18.9 Å². The van der Waals surface area contributed by atoms with E-state index in [4.69, 9.17) is 0 Å². The number of alkyl carbamates (subject to hydrolysis) is 1. The minimum Gasteiger partial charge on any atom is -0.440 e. The Balaban J connectivity index is 2.50. The molecule has 0 aromatic heterocycles. The highest BCUT2D eigenvalue weighted by Gasteiger charge is 2.38. The van der Waals surface area contributed by atoms with Crippen molar-refractivity contribution in [2.45, 2.75) is 63.8 Å². The van der Waals surface area contributed by atoms with Gasteiger partial charge >= 0.3 is 12.3 Å². The third-order valence-corrected chi connectivity index (χ3v) is 2.88. The fourth-order valence-electron chi connectivity index (χ4n) is 2.78. The summed E-state index contributed by atoms with van der Waals surface area (Å²) in [5.41, 5.74) is -0.382. The van der Waals surface area contributed by atoms with Crippen molar-refractivity contribution < 1.29 is 22.7 Å². The first-order chi connectivity index (χ1) is 8.39. The van der Waals surface area contributed by atoms with Gasteiger partial charge in [-0.15, -0.1) is 0 Å². The van der Waals surface area contributed by atoms with Crippen molar-refractivity contribution in [1.29, 1.82) is 0 Å². The van der Waals surface area contributed by atoms with Gasteiger partial charge in [0.2, 0.25) is 0 Å². The van der Waals surface area contributed by atoms with Crippen LogP contribution in [-0.4, -0.2) is 36.0 Å². The van der Waals surface area contributed by atoms with Gasteiger partial charge in [0.15, 0.2) is 6.61 Å². The molecule has 0 unspecified atom stereocenters. The van der Waals surface area contributed by atoms with Gasteiger partial charge in [0.05, 0.1) is 0 Å². The van der Waals surface area contributed by atoms with Gasteiger partial charge in [0, 0.05) is 17.1 Å². The number of amides is 1. The van der Waals surface area contributed by atoms with Gasteiger partial charge < -0.3 is 15.4 Å². The Kier molecular flexibility index (Phi) is 4.39. The standard InChI is InChI=1S/C12H21F3N2O2/c1-10(2)5-8(6-11(3,4)17-10)16-9(18)19-7-12(13,14)15/h8,17H,5-7H2,1-4H3,(H,16,18). The van der Waals surface area contributed by atoms with Crippen molar-refractivity contribution in [3.05, 3.63) is 0 Å². The van der Waals surface area contributed by atoms with Crippen molar-refractivity contribution in [2.24, 2.45) is 0 Å². The number of carbonyl (C=O) groups is 1. The van der Waals surface area contributed by atoms with Crippen LogP contribution in [0.25, 0.3) is 0 Å². The normalized spacial score (nSPS) is 22.9. The second-order valence-electron chi connectivity index (χ2n) is 6.33. The van der Waals surface area contributed by atoms with E-state index in [-0.39, 0.29) is 17.1 Å². The molecule has 4 nitrogen and oxygen atoms in total. The summed E-state index contributed by atoms with van der Waals surface area (Å²) in [4.78, 5) is 11.3. The molecule has 1 saturated heterocycles. The van der Waals surface area contributed by atoms with Gasteiger partial charge in [-0.25, -0.2) is 4.79 Å². The Morgan fingerprint density at radius 2 is 1.74 bits per heavy atom. The Morgan fingerprint density at radius 3 is 2.16 bits per heavy atom. The van der Waals surface area contributed by atoms with Crippen LogP contribution in [0.1, 0.15) is 40.5 Å². The van der Waals surface area contributed by atoms with E-state index in [2.05, 4.69) is 15.4 Å². The molecule has 1 fully saturated rings. The van der Waals surface area contributed by atoms with Crippen molar-refractivity contribution >= 4 is 6.09 Å². The number of carbonyl (C=O) groups excluding carboxylic acids is 1. The fourth-order valence-corrected chi connectivity index (χ4v) is 2.78. The molecule has 0 aromatic carbocycles. The average Bonchev–Trinajstić information content (AvgIpc) is 2.07. The second-order valence-corrected chi connectivity index (χ2v) is 6.33. The summed E-state index contributed by atoms with van der Waals surface area (Å²) in [6.45, 7) is 6.40. The SMILES string of the molecule is CC1(C)CC(NC(=O)OCC(F)(F)F)CC(C)(C)N1. The molecule has 1 aliphatic rings. The Hall–Kier alpha value is -0.980. The zero-order valence-corrected chi connectivity index (χ0v) is 11.6. The van der Waals surface area contributed by atoms with Crippen LogP contribution >= 0.6 is 0 Å². The molecule has 19 heavy (non-hydrogen) atoms. The van der Waals surface area contributed by atoms with Gasteiger partial charge in [-0.1, -0.05) is 0 Å². The molecule has 0 bridgehead atoms. The van der Waals surface area contributed by atoms with Crippen molar-refractivity contribution in [3.8, 4) is 0 Å². The summed E-state index contributed by atoms with van der Waals surface area (Å²) < 4.78 is 39.9. The zero-order valence-electron chi connectivity index (χ0n) is 11.6. The van der Waals surface area contributed by atoms with E-state index in [1.54, 1.807) is 0 Å². The molecule has 0 saturated carbocycles. The monoisotopic (exact) mass is 282 g/mol. The van der Waals surface area contributed by atoms with Gasteiger partial charge in [-0.2, -0.15) is 13.2 Å². The summed E-state index contributed by atoms with van der Waals surface area (Å²) in [6.07, 6.45) is -4.24. The number of hydrogen-bond acceptors (Lipinski definition) is 3. The molecule has 1 heterocycles. The molecule has 0 spiro atoms. The zero-order chi connectivity index (χ0) is 14.9. The molecule has 1 aliphatic heterocycles. The Morgan fingerprint density at radius 1 is 1.26 bits per heavy atom. The highest BCUT2D eigenvalue weighted by atomic mass is 19.4. The molecule has 112 valence electrons. The molecule has 7 heteroatoms. The third kappa shape index (κ3) is 6.13. The van der Waals surface area contributed by atoms with E-state index in [1.165, 1.54) is 0 Å². The summed E-state index contributed by atoms with van der Waals surface area (Å²) in [7, 11) is 0. The largest absolute Gasteiger partial charge is 0.440 e. The number of ether oxygens (including phenoxy) is 1. The highest BCUT2D eigenvalue weighted by molar-refractivity contribution is 5.67. The highest BCUT2D eigenvalue weighted by Crippen LogP contribution is 2.28. The van der Waals surface area contributed by atoms with E-state index in [1.807, 2.05) is 27.7 Å². The van der Waals surface area contributed by atoms with Gasteiger partial charge in [0.25, 0.3) is 0 Å². The molecular weight excluding hydrogens is 261 g/mol. The minimum atomic E-state index is -4.50. The number of halogens is 3. The number of rotatable bonds is 2. The molecule has 0 aliphatic carbocycles. The molecule has 2 N–H and O–H groups in total. The van der Waals surface area contributed by atoms with Crippen LogP contribution in [0.2, 0.25) is 0 Å². The fraction of sp³-hybridized carbons (Fsp3) is 0.917. The first-order valence-electron chi connectivity index (χ1n) is 6.18. The van der Waals surface area contributed by atoms with Crippen LogP contribution in [0.15, 0.2) is 0 Å². The summed E-state index contributed by atoms with van der Waals surface area (Å²) >= 11 is 0. The Bertz CT molecular complexity index is 324. The van der Waals surface area contributed by atoms with Crippen LogP contribution in [-0.2, 0) is 4.74 Å². The first kappa shape index (κ1) is 16.1. The van der Waals surface area contributed by atoms with Gasteiger partial charge in [-0.05, 0) is 40.5 Å². The number of nitrogens with one attached hydrogen (secondary N) is 2. The Labute approximate surface area is 111 Å². The molecular formula is C12H21F3N2O2. The smallest absolute Gasteiger partial charge is 0.422 e. The van der Waals surface area contributed by atoms with Crippen molar-refractivity contribution in [3.63, 3.8) is 0 Å². The lowest BCUT2D eigenvalue weighted by Gasteiger charge is -2.46. The summed E-state index contributed by atoms with van der Waals surface area (Å²) in [5, 5.41) is 5.92. The topological polar surface area (TPSA) is 50.4 Å². The predicted octanol–water partition coefficient (Wildman–Crippen LogP) is 2.58. The third-order valence-electron chi connectivity index (χ3n) is 2.88. The number of piperidine rings is 1.